The Bertz CT molecular complexity index is 1540. The number of hydrogen-bond donors (Lipinski definition) is 4. The molecule has 4 rings (SSSR count). The molecule has 0 radical (unpaired) electrons. The van der Waals surface area contributed by atoms with Crippen LogP contribution in [0.15, 0.2) is 71.6 Å². The van der Waals surface area contributed by atoms with Crippen molar-refractivity contribution in [1.82, 2.24) is 19.6 Å². The first kappa shape index (κ1) is 25.9. The normalized spacial score (nSPS) is 11.4. The van der Waals surface area contributed by atoms with E-state index in [9.17, 15) is 18.0 Å². The van der Waals surface area contributed by atoms with E-state index in [-0.39, 0.29) is 11.4 Å². The van der Waals surface area contributed by atoms with Gasteiger partial charge in [-0.3, -0.25) is 9.36 Å². The van der Waals surface area contributed by atoms with E-state index in [2.05, 4.69) is 10.3 Å². The summed E-state index contributed by atoms with van der Waals surface area (Å²) in [4.78, 5) is 28.3. The number of primary amides is 1. The molecule has 0 saturated carbocycles. The van der Waals surface area contributed by atoms with Crippen molar-refractivity contribution in [3.63, 3.8) is 0 Å². The smallest absolute Gasteiger partial charge is 0.328 e. The molecule has 0 aliphatic carbocycles. The standard InChI is InChI=1S/C26H28N6O4S/c1-2-24-30-22-15-19(25(28)33)7-12-23(22)32(24)20-8-3-17(4-9-20)13-14-29-26(34)31-37(35,36)21-10-5-18(16-27)6-11-21/h3-12,15H,2,13-14,16,27H2,1H3,(H2,28,33)(H2,29,31,34). The summed E-state index contributed by atoms with van der Waals surface area (Å²) in [7, 11) is -3.98. The molecular formula is C26H28N6O4S. The summed E-state index contributed by atoms with van der Waals surface area (Å²) in [6.45, 7) is 2.55. The number of benzene rings is 3. The number of sulfonamides is 1. The maximum Gasteiger partial charge on any atom is 0.328 e. The number of rotatable bonds is 9. The molecule has 0 bridgehead atoms. The Labute approximate surface area is 214 Å². The highest BCUT2D eigenvalue weighted by atomic mass is 32.2. The summed E-state index contributed by atoms with van der Waals surface area (Å²) >= 11 is 0. The average Bonchev–Trinajstić information content (AvgIpc) is 3.26. The molecule has 0 aliphatic rings. The Morgan fingerprint density at radius 1 is 0.973 bits per heavy atom. The van der Waals surface area contributed by atoms with Crippen molar-refractivity contribution in [3.8, 4) is 5.69 Å². The first-order valence-electron chi connectivity index (χ1n) is 11.7. The van der Waals surface area contributed by atoms with E-state index >= 15 is 0 Å². The number of fused-ring (bicyclic) bond motifs is 1. The Morgan fingerprint density at radius 2 is 1.65 bits per heavy atom. The molecule has 3 aromatic carbocycles. The van der Waals surface area contributed by atoms with Crippen molar-refractivity contribution in [2.75, 3.05) is 6.54 Å². The predicted molar refractivity (Wildman–Crippen MR) is 141 cm³/mol. The van der Waals surface area contributed by atoms with Crippen molar-refractivity contribution in [2.24, 2.45) is 11.5 Å². The summed E-state index contributed by atoms with van der Waals surface area (Å²) in [6.07, 6.45) is 1.20. The van der Waals surface area contributed by atoms with Crippen molar-refractivity contribution < 1.29 is 18.0 Å². The predicted octanol–water partition coefficient (Wildman–Crippen LogP) is 2.38. The third-order valence-electron chi connectivity index (χ3n) is 5.91. The summed E-state index contributed by atoms with van der Waals surface area (Å²) in [6, 6.07) is 18.2. The van der Waals surface area contributed by atoms with Gasteiger partial charge in [0.05, 0.1) is 15.9 Å². The molecule has 37 heavy (non-hydrogen) atoms. The van der Waals surface area contributed by atoms with Crippen LogP contribution in [-0.2, 0) is 29.4 Å². The highest BCUT2D eigenvalue weighted by molar-refractivity contribution is 7.90. The second kappa shape index (κ2) is 10.8. The fraction of sp³-hybridized carbons (Fsp3) is 0.192. The van der Waals surface area contributed by atoms with E-state index in [1.165, 1.54) is 12.1 Å². The number of nitrogens with zero attached hydrogens (tertiary/aromatic N) is 2. The lowest BCUT2D eigenvalue weighted by atomic mass is 10.1. The van der Waals surface area contributed by atoms with Crippen molar-refractivity contribution >= 4 is 33.0 Å². The van der Waals surface area contributed by atoms with E-state index in [0.717, 1.165) is 28.2 Å². The van der Waals surface area contributed by atoms with E-state index < -0.39 is 22.0 Å². The quantitative estimate of drug-likeness (QED) is 0.265. The van der Waals surface area contributed by atoms with Crippen molar-refractivity contribution in [2.45, 2.75) is 31.2 Å². The number of aromatic nitrogens is 2. The summed E-state index contributed by atoms with van der Waals surface area (Å²) in [5.74, 6) is 0.349. The minimum absolute atomic E-state index is 0.0141. The van der Waals surface area contributed by atoms with Gasteiger partial charge in [0, 0.05) is 30.8 Å². The maximum atomic E-state index is 12.4. The number of carbonyl (C=O) groups excluding carboxylic acids is 2. The SMILES string of the molecule is CCc1nc2cc(C(N)=O)ccc2n1-c1ccc(CCNC(=O)NS(=O)(=O)c2ccc(CN)cc2)cc1. The molecular weight excluding hydrogens is 492 g/mol. The molecule has 6 N–H and O–H groups in total. The number of hydrogen-bond acceptors (Lipinski definition) is 6. The minimum Gasteiger partial charge on any atom is -0.366 e. The fourth-order valence-electron chi connectivity index (χ4n) is 3.96. The third kappa shape index (κ3) is 5.79. The van der Waals surface area contributed by atoms with Gasteiger partial charge in [0.15, 0.2) is 0 Å². The number of amides is 3. The molecule has 192 valence electrons. The van der Waals surface area contributed by atoms with Gasteiger partial charge in [-0.05, 0) is 60.0 Å². The zero-order valence-electron chi connectivity index (χ0n) is 20.3. The first-order chi connectivity index (χ1) is 17.7. The van der Waals surface area contributed by atoms with Gasteiger partial charge in [0.1, 0.15) is 5.82 Å². The lowest BCUT2D eigenvalue weighted by molar-refractivity contribution is 0.100. The molecule has 1 aromatic heterocycles. The Balaban J connectivity index is 1.39. The zero-order valence-corrected chi connectivity index (χ0v) is 21.1. The molecule has 0 spiro atoms. The van der Waals surface area contributed by atoms with Gasteiger partial charge >= 0.3 is 6.03 Å². The molecule has 0 saturated heterocycles. The van der Waals surface area contributed by atoms with E-state index in [4.69, 9.17) is 11.5 Å². The van der Waals surface area contributed by atoms with Crippen LogP contribution in [0.5, 0.6) is 0 Å². The van der Waals surface area contributed by atoms with Crippen LogP contribution in [0.4, 0.5) is 4.79 Å². The van der Waals surface area contributed by atoms with E-state index in [1.54, 1.807) is 24.3 Å². The van der Waals surface area contributed by atoms with Crippen LogP contribution in [0.1, 0.15) is 34.2 Å². The average molecular weight is 521 g/mol. The lowest BCUT2D eigenvalue weighted by Crippen LogP contribution is -2.40. The van der Waals surface area contributed by atoms with Gasteiger partial charge in [-0.1, -0.05) is 31.2 Å². The number of carbonyl (C=O) groups is 2. The fourth-order valence-corrected chi connectivity index (χ4v) is 4.89. The molecule has 0 atom stereocenters. The van der Waals surface area contributed by atoms with Gasteiger partial charge in [-0.2, -0.15) is 0 Å². The second-order valence-electron chi connectivity index (χ2n) is 8.41. The summed E-state index contributed by atoms with van der Waals surface area (Å²) in [5.41, 5.74) is 15.6. The van der Waals surface area contributed by atoms with Gasteiger partial charge < -0.3 is 16.8 Å². The number of urea groups is 1. The molecule has 0 unspecified atom stereocenters. The highest BCUT2D eigenvalue weighted by Crippen LogP contribution is 2.23. The molecule has 0 aliphatic heterocycles. The Morgan fingerprint density at radius 3 is 2.27 bits per heavy atom. The Hall–Kier alpha value is -4.22. The molecule has 11 heteroatoms. The van der Waals surface area contributed by atoms with Crippen molar-refractivity contribution in [3.05, 3.63) is 89.2 Å². The third-order valence-corrected chi connectivity index (χ3v) is 7.26. The molecule has 10 nitrogen and oxygen atoms in total. The number of aryl methyl sites for hydroxylation is 1. The van der Waals surface area contributed by atoms with E-state index in [1.807, 2.05) is 46.5 Å². The number of nitrogens with one attached hydrogen (secondary N) is 2. The van der Waals surface area contributed by atoms with Crippen LogP contribution in [0.3, 0.4) is 0 Å². The first-order valence-corrected chi connectivity index (χ1v) is 13.2. The van der Waals surface area contributed by atoms with Crippen LogP contribution >= 0.6 is 0 Å². The van der Waals surface area contributed by atoms with Gasteiger partial charge in [-0.25, -0.2) is 22.9 Å². The van der Waals surface area contributed by atoms with Gasteiger partial charge in [0.2, 0.25) is 5.91 Å². The van der Waals surface area contributed by atoms with Gasteiger partial charge in [-0.15, -0.1) is 0 Å². The summed E-state index contributed by atoms with van der Waals surface area (Å²) in [5, 5.41) is 2.58. The van der Waals surface area contributed by atoms with E-state index in [0.29, 0.717) is 30.5 Å². The molecule has 1 heterocycles. The molecule has 3 amide bonds. The highest BCUT2D eigenvalue weighted by Gasteiger charge is 2.17. The molecule has 4 aromatic rings. The lowest BCUT2D eigenvalue weighted by Gasteiger charge is -2.11. The van der Waals surface area contributed by atoms with Crippen molar-refractivity contribution in [1.29, 1.82) is 0 Å². The maximum absolute atomic E-state index is 12.4. The van der Waals surface area contributed by atoms with Crippen LogP contribution < -0.4 is 21.5 Å². The number of imidazole rings is 1. The monoisotopic (exact) mass is 520 g/mol. The van der Waals surface area contributed by atoms with Crippen LogP contribution in [-0.4, -0.2) is 36.5 Å². The Kier molecular flexibility index (Phi) is 7.55. The molecule has 0 fully saturated rings. The van der Waals surface area contributed by atoms with Crippen LogP contribution in [0.2, 0.25) is 0 Å². The van der Waals surface area contributed by atoms with Crippen LogP contribution in [0.25, 0.3) is 16.7 Å². The largest absolute Gasteiger partial charge is 0.366 e. The van der Waals surface area contributed by atoms with Crippen LogP contribution in [0, 0.1) is 0 Å². The minimum atomic E-state index is -3.98. The topological polar surface area (TPSA) is 162 Å². The number of nitrogens with two attached hydrogens (primary N) is 2. The zero-order chi connectivity index (χ0) is 26.6. The second-order valence-corrected chi connectivity index (χ2v) is 10.1. The summed E-state index contributed by atoms with van der Waals surface area (Å²) < 4.78 is 28.8. The van der Waals surface area contributed by atoms with Gasteiger partial charge in [0.25, 0.3) is 10.0 Å².